The Morgan fingerprint density at radius 2 is 2.04 bits per heavy atom. The first kappa shape index (κ1) is 16.6. The summed E-state index contributed by atoms with van der Waals surface area (Å²) in [6.45, 7) is 7.28. The van der Waals surface area contributed by atoms with Crippen LogP contribution >= 0.6 is 11.3 Å². The van der Waals surface area contributed by atoms with Crippen molar-refractivity contribution in [3.8, 4) is 11.5 Å². The number of amides is 1. The Kier molecular flexibility index (Phi) is 3.95. The van der Waals surface area contributed by atoms with Gasteiger partial charge in [-0.15, -0.1) is 16.4 Å². The molecular weight excluding hydrogens is 350 g/mol. The van der Waals surface area contributed by atoms with Crippen LogP contribution in [0.5, 0.6) is 0 Å². The monoisotopic (exact) mass is 369 g/mol. The topological polar surface area (TPSA) is 81.2 Å². The number of aryl methyl sites for hydroxylation is 2. The van der Waals surface area contributed by atoms with E-state index in [4.69, 9.17) is 0 Å². The average Bonchev–Trinajstić information content (AvgIpc) is 3.32. The highest BCUT2D eigenvalue weighted by molar-refractivity contribution is 7.20. The van der Waals surface area contributed by atoms with Crippen LogP contribution in [-0.2, 0) is 7.05 Å². The molecule has 0 aliphatic carbocycles. The van der Waals surface area contributed by atoms with E-state index < -0.39 is 0 Å². The van der Waals surface area contributed by atoms with Gasteiger partial charge in [-0.25, -0.2) is 14.5 Å². The minimum Gasteiger partial charge on any atom is -0.338 e. The van der Waals surface area contributed by atoms with E-state index in [9.17, 15) is 4.79 Å². The predicted octanol–water partition coefficient (Wildman–Crippen LogP) is 2.53. The lowest BCUT2D eigenvalue weighted by atomic mass is 10.2. The number of rotatable bonds is 4. The third-order valence-corrected chi connectivity index (χ3v) is 5.64. The van der Waals surface area contributed by atoms with Crippen LogP contribution in [0.3, 0.4) is 0 Å². The molecule has 0 saturated heterocycles. The maximum absolute atomic E-state index is 12.8. The van der Waals surface area contributed by atoms with Crippen LogP contribution in [0.15, 0.2) is 18.6 Å². The quantitative estimate of drug-likeness (QED) is 0.552. The van der Waals surface area contributed by atoms with Gasteiger partial charge in [0, 0.05) is 26.3 Å². The van der Waals surface area contributed by atoms with Crippen molar-refractivity contribution in [2.45, 2.75) is 20.8 Å². The second-order valence-corrected chi connectivity index (χ2v) is 7.04. The Hall–Kier alpha value is -2.81. The van der Waals surface area contributed by atoms with Crippen molar-refractivity contribution < 1.29 is 4.79 Å². The van der Waals surface area contributed by atoms with E-state index in [1.54, 1.807) is 15.5 Å². The fraction of sp³-hybridized carbons (Fsp3) is 0.353. The summed E-state index contributed by atoms with van der Waals surface area (Å²) in [5, 5.41) is 9.72. The summed E-state index contributed by atoms with van der Waals surface area (Å²) in [5.74, 6) is 0.584. The van der Waals surface area contributed by atoms with Crippen LogP contribution in [-0.4, -0.2) is 53.3 Å². The fourth-order valence-corrected chi connectivity index (χ4v) is 4.15. The van der Waals surface area contributed by atoms with Gasteiger partial charge in [0.2, 0.25) is 5.82 Å². The summed E-state index contributed by atoms with van der Waals surface area (Å²) >= 11 is 1.41. The van der Waals surface area contributed by atoms with Crippen molar-refractivity contribution in [3.63, 3.8) is 0 Å². The van der Waals surface area contributed by atoms with E-state index in [1.807, 2.05) is 45.0 Å². The zero-order valence-electron chi connectivity index (χ0n) is 15.1. The van der Waals surface area contributed by atoms with Gasteiger partial charge >= 0.3 is 0 Å². The van der Waals surface area contributed by atoms with E-state index in [0.717, 1.165) is 15.8 Å². The van der Waals surface area contributed by atoms with Crippen molar-refractivity contribution in [3.05, 3.63) is 29.0 Å². The highest BCUT2D eigenvalue weighted by Crippen LogP contribution is 2.33. The van der Waals surface area contributed by atoms with Gasteiger partial charge in [-0.3, -0.25) is 9.48 Å². The highest BCUT2D eigenvalue weighted by atomic mass is 32.1. The molecule has 0 bridgehead atoms. The van der Waals surface area contributed by atoms with Gasteiger partial charge in [-0.05, 0) is 32.4 Å². The van der Waals surface area contributed by atoms with Crippen LogP contribution in [0.4, 0.5) is 0 Å². The number of hydrogen-bond donors (Lipinski definition) is 0. The summed E-state index contributed by atoms with van der Waals surface area (Å²) in [6, 6.07) is 1.87. The number of carbonyl (C=O) groups excluding carboxylic acids is 1. The molecule has 0 aromatic carbocycles. The van der Waals surface area contributed by atoms with Crippen molar-refractivity contribution in [2.75, 3.05) is 13.1 Å². The van der Waals surface area contributed by atoms with Gasteiger partial charge in [0.15, 0.2) is 5.65 Å². The number of thiophene rings is 1. The normalized spacial score (nSPS) is 11.5. The number of hydrogen-bond acceptors (Lipinski definition) is 6. The maximum Gasteiger partial charge on any atom is 0.264 e. The molecule has 0 atom stereocenters. The Labute approximate surface area is 154 Å². The number of nitrogens with zero attached hydrogens (tertiary/aromatic N) is 7. The molecule has 8 nitrogen and oxygen atoms in total. The molecule has 0 fully saturated rings. The molecule has 1 amide bonds. The van der Waals surface area contributed by atoms with Gasteiger partial charge in [0.1, 0.15) is 16.9 Å². The average molecular weight is 369 g/mol. The summed E-state index contributed by atoms with van der Waals surface area (Å²) in [4.78, 5) is 25.3. The summed E-state index contributed by atoms with van der Waals surface area (Å²) in [6.07, 6.45) is 3.49. The van der Waals surface area contributed by atoms with Gasteiger partial charge in [0.05, 0.1) is 10.3 Å². The Morgan fingerprint density at radius 1 is 1.27 bits per heavy atom. The molecular formula is C17H19N7OS. The summed E-state index contributed by atoms with van der Waals surface area (Å²) < 4.78 is 3.36. The molecule has 9 heteroatoms. The van der Waals surface area contributed by atoms with Crippen LogP contribution in [0, 0.1) is 6.92 Å². The van der Waals surface area contributed by atoms with Crippen molar-refractivity contribution in [1.29, 1.82) is 0 Å². The van der Waals surface area contributed by atoms with E-state index >= 15 is 0 Å². The molecule has 4 rings (SSSR count). The standard InChI is InChI=1S/C17H19N7OS/c1-5-23(6-2)17(25)13-10(3)12-15-19-14(11-7-8-22(4)20-11)21-24(15)9-18-16(12)26-13/h7-9H,5-6H2,1-4H3. The van der Waals surface area contributed by atoms with Gasteiger partial charge in [0.25, 0.3) is 5.91 Å². The first-order valence-electron chi connectivity index (χ1n) is 8.47. The maximum atomic E-state index is 12.8. The minimum atomic E-state index is 0.0399. The first-order valence-corrected chi connectivity index (χ1v) is 9.28. The van der Waals surface area contributed by atoms with Crippen LogP contribution in [0.25, 0.3) is 27.4 Å². The van der Waals surface area contributed by atoms with Crippen LogP contribution in [0.1, 0.15) is 29.1 Å². The predicted molar refractivity (Wildman–Crippen MR) is 100 cm³/mol. The van der Waals surface area contributed by atoms with E-state index in [2.05, 4.69) is 20.2 Å². The highest BCUT2D eigenvalue weighted by Gasteiger charge is 2.23. The van der Waals surface area contributed by atoms with Crippen molar-refractivity contribution in [2.24, 2.45) is 7.05 Å². The Bertz CT molecular complexity index is 1120. The lowest BCUT2D eigenvalue weighted by Gasteiger charge is -2.17. The fourth-order valence-electron chi connectivity index (χ4n) is 3.04. The second-order valence-electron chi connectivity index (χ2n) is 6.04. The van der Waals surface area contributed by atoms with Crippen molar-refractivity contribution >= 4 is 33.1 Å². The lowest BCUT2D eigenvalue weighted by Crippen LogP contribution is -2.30. The molecule has 26 heavy (non-hydrogen) atoms. The van der Waals surface area contributed by atoms with Gasteiger partial charge in [-0.1, -0.05) is 0 Å². The number of fused-ring (bicyclic) bond motifs is 3. The lowest BCUT2D eigenvalue weighted by molar-refractivity contribution is 0.0777. The zero-order valence-corrected chi connectivity index (χ0v) is 15.9. The summed E-state index contributed by atoms with van der Waals surface area (Å²) in [7, 11) is 1.85. The van der Waals surface area contributed by atoms with E-state index in [1.165, 1.54) is 11.3 Å². The Morgan fingerprint density at radius 3 is 2.69 bits per heavy atom. The molecule has 0 unspecified atom stereocenters. The van der Waals surface area contributed by atoms with Crippen LogP contribution in [0.2, 0.25) is 0 Å². The molecule has 0 saturated carbocycles. The first-order chi connectivity index (χ1) is 12.5. The third-order valence-electron chi connectivity index (χ3n) is 4.46. The molecule has 0 aliphatic rings. The molecule has 4 heterocycles. The number of carbonyl (C=O) groups is 1. The largest absolute Gasteiger partial charge is 0.338 e. The third kappa shape index (κ3) is 2.47. The molecule has 4 aromatic heterocycles. The molecule has 0 N–H and O–H groups in total. The van der Waals surface area contributed by atoms with Gasteiger partial charge < -0.3 is 4.90 Å². The number of aromatic nitrogens is 6. The van der Waals surface area contributed by atoms with E-state index in [-0.39, 0.29) is 5.91 Å². The minimum absolute atomic E-state index is 0.0399. The molecule has 0 aliphatic heterocycles. The smallest absolute Gasteiger partial charge is 0.264 e. The summed E-state index contributed by atoms with van der Waals surface area (Å²) in [5.41, 5.74) is 2.31. The molecule has 134 valence electrons. The van der Waals surface area contributed by atoms with Gasteiger partial charge in [-0.2, -0.15) is 5.10 Å². The van der Waals surface area contributed by atoms with Crippen LogP contribution < -0.4 is 0 Å². The molecule has 0 spiro atoms. The Balaban J connectivity index is 1.90. The molecule has 4 aromatic rings. The van der Waals surface area contributed by atoms with Crippen molar-refractivity contribution in [1.82, 2.24) is 34.3 Å². The molecule has 0 radical (unpaired) electrons. The second kappa shape index (κ2) is 6.17. The zero-order chi connectivity index (χ0) is 18.4. The SMILES string of the molecule is CCN(CC)C(=O)c1sc2ncn3nc(-c4ccn(C)n4)nc3c2c1C. The van der Waals surface area contributed by atoms with E-state index in [0.29, 0.717) is 35.1 Å².